The third kappa shape index (κ3) is 5.70. The fourth-order valence-electron chi connectivity index (χ4n) is 1.75. The zero-order valence-corrected chi connectivity index (χ0v) is 12.4. The molecule has 5 heteroatoms. The van der Waals surface area contributed by atoms with Crippen molar-refractivity contribution < 1.29 is 14.6 Å². The number of aryl methyl sites for hydroxylation is 1. The SMILES string of the molecule is COc1ccc(CCCCCC(Cl)(Cl)C(=O)O)cc1. The van der Waals surface area contributed by atoms with E-state index in [9.17, 15) is 4.79 Å². The molecule has 1 rings (SSSR count). The first kappa shape index (κ1) is 16.1. The first-order valence-electron chi connectivity index (χ1n) is 6.20. The summed E-state index contributed by atoms with van der Waals surface area (Å²) in [5.41, 5.74) is 1.24. The average Bonchev–Trinajstić information content (AvgIpc) is 2.38. The van der Waals surface area contributed by atoms with Gasteiger partial charge >= 0.3 is 5.97 Å². The molecule has 0 aliphatic heterocycles. The second kappa shape index (κ2) is 7.61. The minimum Gasteiger partial charge on any atom is -0.497 e. The lowest BCUT2D eigenvalue weighted by Crippen LogP contribution is -2.25. The van der Waals surface area contributed by atoms with Crippen molar-refractivity contribution in [2.45, 2.75) is 36.4 Å². The zero-order chi connectivity index (χ0) is 14.3. The van der Waals surface area contributed by atoms with E-state index in [4.69, 9.17) is 33.0 Å². The topological polar surface area (TPSA) is 46.5 Å². The van der Waals surface area contributed by atoms with Crippen LogP contribution in [0.4, 0.5) is 0 Å². The van der Waals surface area contributed by atoms with E-state index in [0.29, 0.717) is 6.42 Å². The molecule has 3 nitrogen and oxygen atoms in total. The summed E-state index contributed by atoms with van der Waals surface area (Å²) in [6.07, 6.45) is 3.81. The molecule has 0 unspecified atom stereocenters. The minimum absolute atomic E-state index is 0.272. The van der Waals surface area contributed by atoms with Crippen LogP contribution in [-0.2, 0) is 11.2 Å². The maximum atomic E-state index is 10.7. The Bertz CT molecular complexity index is 402. The minimum atomic E-state index is -1.65. The lowest BCUT2D eigenvalue weighted by molar-refractivity contribution is -0.138. The highest BCUT2D eigenvalue weighted by molar-refractivity contribution is 6.57. The average molecular weight is 305 g/mol. The van der Waals surface area contributed by atoms with Gasteiger partial charge in [0.1, 0.15) is 5.75 Å². The van der Waals surface area contributed by atoms with E-state index in [1.165, 1.54) is 5.56 Å². The molecule has 0 radical (unpaired) electrons. The standard InChI is InChI=1S/C14H18Cl2O3/c1-19-12-8-6-11(7-9-12)5-3-2-4-10-14(15,16)13(17)18/h6-9H,2-5,10H2,1H3,(H,17,18). The normalized spacial score (nSPS) is 11.3. The van der Waals surface area contributed by atoms with E-state index in [1.54, 1.807) is 7.11 Å². The molecular formula is C14H18Cl2O3. The molecule has 0 fully saturated rings. The molecule has 0 amide bonds. The van der Waals surface area contributed by atoms with Gasteiger partial charge in [-0.1, -0.05) is 41.8 Å². The molecule has 0 saturated heterocycles. The number of unbranched alkanes of at least 4 members (excludes halogenated alkanes) is 2. The van der Waals surface area contributed by atoms with Crippen LogP contribution in [0.5, 0.6) is 5.75 Å². The van der Waals surface area contributed by atoms with Crippen molar-refractivity contribution in [1.29, 1.82) is 0 Å². The largest absolute Gasteiger partial charge is 0.497 e. The maximum absolute atomic E-state index is 10.7. The Morgan fingerprint density at radius 3 is 2.37 bits per heavy atom. The summed E-state index contributed by atoms with van der Waals surface area (Å²) in [7, 11) is 1.64. The monoisotopic (exact) mass is 304 g/mol. The molecule has 1 N–H and O–H groups in total. The fraction of sp³-hybridized carbons (Fsp3) is 0.500. The molecule has 0 aromatic heterocycles. The molecule has 1 aromatic rings. The van der Waals surface area contributed by atoms with Crippen LogP contribution in [-0.4, -0.2) is 22.5 Å². The summed E-state index contributed by atoms with van der Waals surface area (Å²) in [6.45, 7) is 0. The third-order valence-electron chi connectivity index (χ3n) is 2.93. The molecule has 0 aliphatic rings. The van der Waals surface area contributed by atoms with Crippen LogP contribution in [0.2, 0.25) is 0 Å². The molecule has 0 saturated carbocycles. The van der Waals surface area contributed by atoms with Gasteiger partial charge in [-0.05, 0) is 43.4 Å². The van der Waals surface area contributed by atoms with Gasteiger partial charge in [0.25, 0.3) is 0 Å². The van der Waals surface area contributed by atoms with Crippen molar-refractivity contribution in [2.24, 2.45) is 0 Å². The summed E-state index contributed by atoms with van der Waals surface area (Å²) < 4.78 is 3.43. The van der Waals surface area contributed by atoms with Crippen molar-refractivity contribution in [2.75, 3.05) is 7.11 Å². The van der Waals surface area contributed by atoms with Crippen molar-refractivity contribution >= 4 is 29.2 Å². The van der Waals surface area contributed by atoms with Gasteiger partial charge in [0.2, 0.25) is 4.33 Å². The molecule has 19 heavy (non-hydrogen) atoms. The number of aliphatic carboxylic acids is 1. The Kier molecular flexibility index (Phi) is 6.46. The van der Waals surface area contributed by atoms with E-state index in [1.807, 2.05) is 24.3 Å². The molecule has 0 bridgehead atoms. The summed E-state index contributed by atoms with van der Waals surface area (Å²) in [6, 6.07) is 7.93. The van der Waals surface area contributed by atoms with Gasteiger partial charge < -0.3 is 9.84 Å². The van der Waals surface area contributed by atoms with Crippen LogP contribution in [0.15, 0.2) is 24.3 Å². The first-order valence-corrected chi connectivity index (χ1v) is 6.95. The van der Waals surface area contributed by atoms with Crippen LogP contribution in [0, 0.1) is 0 Å². The number of alkyl halides is 2. The predicted molar refractivity (Wildman–Crippen MR) is 77.2 cm³/mol. The second-order valence-corrected chi connectivity index (χ2v) is 5.90. The Morgan fingerprint density at radius 1 is 1.21 bits per heavy atom. The van der Waals surface area contributed by atoms with Crippen LogP contribution in [0.3, 0.4) is 0 Å². The second-order valence-electron chi connectivity index (χ2n) is 4.42. The highest BCUT2D eigenvalue weighted by Gasteiger charge is 2.32. The Hall–Kier alpha value is -0.930. The van der Waals surface area contributed by atoms with Crippen molar-refractivity contribution in [3.8, 4) is 5.75 Å². The molecule has 0 atom stereocenters. The Labute approximate surface area is 123 Å². The zero-order valence-electron chi connectivity index (χ0n) is 10.9. The third-order valence-corrected chi connectivity index (χ3v) is 3.63. The fourth-order valence-corrected chi connectivity index (χ4v) is 2.02. The van der Waals surface area contributed by atoms with Gasteiger partial charge in [-0.25, -0.2) is 4.79 Å². The summed E-state index contributed by atoms with van der Waals surface area (Å²) in [5, 5.41) is 8.75. The van der Waals surface area contributed by atoms with Crippen LogP contribution >= 0.6 is 23.2 Å². The van der Waals surface area contributed by atoms with Gasteiger partial charge in [0, 0.05) is 0 Å². The Balaban J connectivity index is 2.22. The number of rotatable bonds is 8. The number of carboxylic acid groups (broad SMARTS) is 1. The number of hydrogen-bond acceptors (Lipinski definition) is 2. The van der Waals surface area contributed by atoms with Gasteiger partial charge in [-0.2, -0.15) is 0 Å². The van der Waals surface area contributed by atoms with E-state index in [0.717, 1.165) is 25.0 Å². The summed E-state index contributed by atoms with van der Waals surface area (Å²) >= 11 is 11.3. The highest BCUT2D eigenvalue weighted by atomic mass is 35.5. The quantitative estimate of drug-likeness (QED) is 0.582. The highest BCUT2D eigenvalue weighted by Crippen LogP contribution is 2.28. The summed E-state index contributed by atoms with van der Waals surface area (Å²) in [5.74, 6) is -0.328. The molecule has 0 heterocycles. The molecule has 0 aliphatic carbocycles. The van der Waals surface area contributed by atoms with E-state index in [-0.39, 0.29) is 6.42 Å². The molecule has 1 aromatic carbocycles. The number of carboxylic acids is 1. The smallest absolute Gasteiger partial charge is 0.340 e. The van der Waals surface area contributed by atoms with E-state index >= 15 is 0 Å². The maximum Gasteiger partial charge on any atom is 0.340 e. The van der Waals surface area contributed by atoms with E-state index < -0.39 is 10.3 Å². The number of carbonyl (C=O) groups is 1. The molecular weight excluding hydrogens is 287 g/mol. The first-order chi connectivity index (χ1) is 8.95. The number of hydrogen-bond donors (Lipinski definition) is 1. The summed E-state index contributed by atoms with van der Waals surface area (Å²) in [4.78, 5) is 10.7. The number of methoxy groups -OCH3 is 1. The van der Waals surface area contributed by atoms with Gasteiger partial charge in [0.05, 0.1) is 7.11 Å². The number of benzene rings is 1. The van der Waals surface area contributed by atoms with Gasteiger partial charge in [-0.15, -0.1) is 0 Å². The van der Waals surface area contributed by atoms with Crippen LogP contribution in [0.25, 0.3) is 0 Å². The lowest BCUT2D eigenvalue weighted by atomic mass is 10.1. The van der Waals surface area contributed by atoms with Crippen molar-refractivity contribution in [1.82, 2.24) is 0 Å². The number of halogens is 2. The van der Waals surface area contributed by atoms with Gasteiger partial charge in [-0.3, -0.25) is 0 Å². The molecule has 106 valence electrons. The van der Waals surface area contributed by atoms with Crippen LogP contribution < -0.4 is 4.74 Å². The van der Waals surface area contributed by atoms with Crippen molar-refractivity contribution in [3.63, 3.8) is 0 Å². The van der Waals surface area contributed by atoms with Crippen LogP contribution in [0.1, 0.15) is 31.2 Å². The molecule has 0 spiro atoms. The Morgan fingerprint density at radius 2 is 1.84 bits per heavy atom. The van der Waals surface area contributed by atoms with E-state index in [2.05, 4.69) is 0 Å². The lowest BCUT2D eigenvalue weighted by Gasteiger charge is -2.13. The predicted octanol–water partition coefficient (Wildman–Crippen LogP) is 4.06. The number of ether oxygens (including phenoxy) is 1. The van der Waals surface area contributed by atoms with Crippen molar-refractivity contribution in [3.05, 3.63) is 29.8 Å². The van der Waals surface area contributed by atoms with Gasteiger partial charge in [0.15, 0.2) is 0 Å².